The predicted molar refractivity (Wildman–Crippen MR) is 109 cm³/mol. The maximum atomic E-state index is 9.67. The largest absolute Gasteiger partial charge is 0.485 e. The van der Waals surface area contributed by atoms with Gasteiger partial charge >= 0.3 is 0 Å². The number of benzene rings is 3. The summed E-state index contributed by atoms with van der Waals surface area (Å²) in [6, 6.07) is 23.5. The fourth-order valence-electron chi connectivity index (χ4n) is 3.47. The first-order valence-corrected chi connectivity index (χ1v) is 9.67. The Morgan fingerprint density at radius 2 is 1.07 bits per heavy atom. The summed E-state index contributed by atoms with van der Waals surface area (Å²) in [4.78, 5) is 0. The lowest BCUT2D eigenvalue weighted by molar-refractivity contribution is -0.0415. The Labute approximate surface area is 170 Å². The summed E-state index contributed by atoms with van der Waals surface area (Å²) in [6.45, 7) is 0.475. The third-order valence-electron chi connectivity index (χ3n) is 4.98. The summed E-state index contributed by atoms with van der Waals surface area (Å²) in [6.07, 6.45) is -0.964. The van der Waals surface area contributed by atoms with Gasteiger partial charge in [0.1, 0.15) is 25.4 Å². The highest BCUT2D eigenvalue weighted by Crippen LogP contribution is 2.44. The molecule has 0 fully saturated rings. The van der Waals surface area contributed by atoms with E-state index in [4.69, 9.17) is 14.2 Å². The average Bonchev–Trinajstić information content (AvgIpc) is 3.14. The summed E-state index contributed by atoms with van der Waals surface area (Å²) in [5.74, 6) is 1.17. The number of fused-ring (bicyclic) bond motifs is 1. The van der Waals surface area contributed by atoms with E-state index >= 15 is 0 Å². The van der Waals surface area contributed by atoms with Crippen LogP contribution in [0.3, 0.4) is 0 Å². The highest BCUT2D eigenvalue weighted by Gasteiger charge is 2.33. The van der Waals surface area contributed by atoms with Crippen LogP contribution < -0.4 is 9.47 Å². The standard InChI is InChI=1S/C24H24O5/c25-13-23-19-11-21(27-15-17-7-3-1-4-8-17)22(12-20(19)24(14-26)29-23)28-16-18-9-5-2-6-10-18/h1-12,23-26H,13-16H2. The Morgan fingerprint density at radius 3 is 1.45 bits per heavy atom. The van der Waals surface area contributed by atoms with Gasteiger partial charge < -0.3 is 24.4 Å². The van der Waals surface area contributed by atoms with Crippen molar-refractivity contribution in [2.45, 2.75) is 25.4 Å². The normalized spacial score (nSPS) is 17.7. The first kappa shape index (κ1) is 19.5. The van der Waals surface area contributed by atoms with Gasteiger partial charge in [0, 0.05) is 0 Å². The molecule has 0 amide bonds. The molecule has 2 unspecified atom stereocenters. The molecule has 0 saturated carbocycles. The van der Waals surface area contributed by atoms with Crippen LogP contribution in [-0.4, -0.2) is 23.4 Å². The van der Waals surface area contributed by atoms with Gasteiger partial charge in [-0.3, -0.25) is 0 Å². The van der Waals surface area contributed by atoms with Gasteiger partial charge in [-0.15, -0.1) is 0 Å². The van der Waals surface area contributed by atoms with E-state index in [1.807, 2.05) is 72.8 Å². The smallest absolute Gasteiger partial charge is 0.162 e. The summed E-state index contributed by atoms with van der Waals surface area (Å²) in [7, 11) is 0. The highest BCUT2D eigenvalue weighted by atomic mass is 16.5. The second-order valence-corrected chi connectivity index (χ2v) is 6.95. The molecule has 5 nitrogen and oxygen atoms in total. The second kappa shape index (κ2) is 9.09. The minimum Gasteiger partial charge on any atom is -0.485 e. The van der Waals surface area contributed by atoms with Gasteiger partial charge in [0.05, 0.1) is 13.2 Å². The molecular weight excluding hydrogens is 368 g/mol. The summed E-state index contributed by atoms with van der Waals surface area (Å²) >= 11 is 0. The van der Waals surface area contributed by atoms with Gasteiger partial charge in [0.15, 0.2) is 11.5 Å². The molecular formula is C24H24O5. The number of hydrogen-bond acceptors (Lipinski definition) is 5. The summed E-state index contributed by atoms with van der Waals surface area (Å²) in [5, 5.41) is 19.3. The van der Waals surface area contributed by atoms with Crippen molar-refractivity contribution in [2.24, 2.45) is 0 Å². The Bertz CT molecular complexity index is 850. The number of aliphatic hydroxyl groups is 2. The number of aliphatic hydroxyl groups excluding tert-OH is 2. The van der Waals surface area contributed by atoms with Crippen LogP contribution in [0.4, 0.5) is 0 Å². The zero-order valence-electron chi connectivity index (χ0n) is 16.0. The van der Waals surface area contributed by atoms with E-state index in [0.717, 1.165) is 22.3 Å². The zero-order chi connectivity index (χ0) is 20.1. The minimum absolute atomic E-state index is 0.161. The molecule has 2 atom stereocenters. The Balaban J connectivity index is 1.62. The van der Waals surface area contributed by atoms with Gasteiger partial charge in [0.25, 0.3) is 0 Å². The maximum Gasteiger partial charge on any atom is 0.162 e. The Hall–Kier alpha value is -2.86. The van der Waals surface area contributed by atoms with Crippen LogP contribution in [0.2, 0.25) is 0 Å². The van der Waals surface area contributed by atoms with Gasteiger partial charge in [-0.1, -0.05) is 60.7 Å². The monoisotopic (exact) mass is 392 g/mol. The van der Waals surface area contributed by atoms with E-state index < -0.39 is 12.2 Å². The SMILES string of the molecule is OCC1OC(CO)c2cc(OCc3ccccc3)c(OCc3ccccc3)cc21. The van der Waals surface area contributed by atoms with Crippen molar-refractivity contribution in [3.8, 4) is 11.5 Å². The van der Waals surface area contributed by atoms with Crippen molar-refractivity contribution >= 4 is 0 Å². The van der Waals surface area contributed by atoms with Gasteiger partial charge in [-0.05, 0) is 34.4 Å². The van der Waals surface area contributed by atoms with Crippen LogP contribution in [0.15, 0.2) is 72.8 Å². The van der Waals surface area contributed by atoms with E-state index in [0.29, 0.717) is 24.7 Å². The summed E-state index contributed by atoms with van der Waals surface area (Å²) in [5.41, 5.74) is 3.73. The van der Waals surface area contributed by atoms with Gasteiger partial charge in [-0.25, -0.2) is 0 Å². The fraction of sp³-hybridized carbons (Fsp3) is 0.250. The lowest BCUT2D eigenvalue weighted by Gasteiger charge is -2.16. The lowest BCUT2D eigenvalue weighted by Crippen LogP contribution is -2.05. The van der Waals surface area contributed by atoms with E-state index in [-0.39, 0.29) is 13.2 Å². The van der Waals surface area contributed by atoms with Crippen molar-refractivity contribution in [2.75, 3.05) is 13.2 Å². The molecule has 0 spiro atoms. The number of ether oxygens (including phenoxy) is 3. The second-order valence-electron chi connectivity index (χ2n) is 6.95. The molecule has 3 aromatic carbocycles. The van der Waals surface area contributed by atoms with E-state index in [9.17, 15) is 10.2 Å². The van der Waals surface area contributed by atoms with Gasteiger partial charge in [-0.2, -0.15) is 0 Å². The third-order valence-corrected chi connectivity index (χ3v) is 4.98. The molecule has 29 heavy (non-hydrogen) atoms. The molecule has 2 N–H and O–H groups in total. The van der Waals surface area contributed by atoms with Crippen molar-refractivity contribution in [3.05, 3.63) is 95.1 Å². The van der Waals surface area contributed by atoms with Crippen LogP contribution in [0, 0.1) is 0 Å². The molecule has 1 aliphatic rings. The molecule has 0 radical (unpaired) electrons. The van der Waals surface area contributed by atoms with Crippen molar-refractivity contribution < 1.29 is 24.4 Å². The molecule has 1 heterocycles. The molecule has 0 aromatic heterocycles. The number of rotatable bonds is 8. The first-order chi connectivity index (χ1) is 14.3. The molecule has 5 heteroatoms. The lowest BCUT2D eigenvalue weighted by atomic mass is 10.0. The van der Waals surface area contributed by atoms with Crippen LogP contribution in [0.5, 0.6) is 11.5 Å². The highest BCUT2D eigenvalue weighted by molar-refractivity contribution is 5.51. The van der Waals surface area contributed by atoms with E-state index in [1.165, 1.54) is 0 Å². The van der Waals surface area contributed by atoms with Crippen molar-refractivity contribution in [3.63, 3.8) is 0 Å². The molecule has 0 bridgehead atoms. The summed E-state index contributed by atoms with van der Waals surface area (Å²) < 4.78 is 17.9. The number of hydrogen-bond donors (Lipinski definition) is 2. The average molecular weight is 392 g/mol. The first-order valence-electron chi connectivity index (χ1n) is 9.67. The third kappa shape index (κ3) is 4.43. The molecule has 1 aliphatic heterocycles. The zero-order valence-corrected chi connectivity index (χ0v) is 16.0. The van der Waals surface area contributed by atoms with Crippen LogP contribution >= 0.6 is 0 Å². The predicted octanol–water partition coefficient (Wildman–Crippen LogP) is 3.94. The maximum absolute atomic E-state index is 9.67. The van der Waals surface area contributed by atoms with Gasteiger partial charge in [0.2, 0.25) is 0 Å². The molecule has 0 aliphatic carbocycles. The minimum atomic E-state index is -0.482. The molecule has 0 saturated heterocycles. The molecule has 150 valence electrons. The Kier molecular flexibility index (Phi) is 6.10. The van der Waals surface area contributed by atoms with Crippen molar-refractivity contribution in [1.29, 1.82) is 0 Å². The quantitative estimate of drug-likeness (QED) is 0.608. The van der Waals surface area contributed by atoms with Crippen LogP contribution in [0.1, 0.15) is 34.5 Å². The van der Waals surface area contributed by atoms with E-state index in [1.54, 1.807) is 0 Å². The van der Waals surface area contributed by atoms with Crippen molar-refractivity contribution in [1.82, 2.24) is 0 Å². The van der Waals surface area contributed by atoms with Crippen LogP contribution in [-0.2, 0) is 18.0 Å². The van der Waals surface area contributed by atoms with E-state index in [2.05, 4.69) is 0 Å². The fourth-order valence-corrected chi connectivity index (χ4v) is 3.47. The molecule has 3 aromatic rings. The Morgan fingerprint density at radius 1 is 0.655 bits per heavy atom. The molecule has 4 rings (SSSR count). The van der Waals surface area contributed by atoms with Crippen LogP contribution in [0.25, 0.3) is 0 Å². The topological polar surface area (TPSA) is 68.2 Å².